The number of ether oxygens (including phenoxy) is 1. The van der Waals surface area contributed by atoms with Crippen molar-refractivity contribution >= 4 is 5.78 Å². The van der Waals surface area contributed by atoms with Crippen molar-refractivity contribution < 1.29 is 13.9 Å². The van der Waals surface area contributed by atoms with Gasteiger partial charge in [-0.15, -0.1) is 0 Å². The minimum Gasteiger partial charge on any atom is -0.491 e. The lowest BCUT2D eigenvalue weighted by molar-refractivity contribution is -0.118. The normalized spacial score (nSPS) is 10.6. The van der Waals surface area contributed by atoms with E-state index in [-0.39, 0.29) is 5.82 Å². The van der Waals surface area contributed by atoms with E-state index in [0.717, 1.165) is 30.4 Å². The Bertz CT molecular complexity index is 441. The molecule has 0 aliphatic carbocycles. The Kier molecular flexibility index (Phi) is 7.27. The van der Waals surface area contributed by atoms with Gasteiger partial charge in [0, 0.05) is 12.8 Å². The molecule has 0 aliphatic heterocycles. The molecule has 1 rings (SSSR count). The van der Waals surface area contributed by atoms with E-state index in [2.05, 4.69) is 0 Å². The molecule has 1 aromatic rings. The number of ketones is 1. The first-order valence-electron chi connectivity index (χ1n) is 7.52. The third kappa shape index (κ3) is 5.32. The number of carbonyl (C=O) groups excluding carboxylic acids is 1. The van der Waals surface area contributed by atoms with Crippen molar-refractivity contribution in [1.29, 1.82) is 0 Å². The molecule has 0 saturated heterocycles. The number of hydrogen-bond donors (Lipinski definition) is 0. The number of carbonyl (C=O) groups is 1. The van der Waals surface area contributed by atoms with Crippen LogP contribution in [0.15, 0.2) is 12.1 Å². The Morgan fingerprint density at radius 1 is 1.20 bits per heavy atom. The van der Waals surface area contributed by atoms with E-state index in [1.54, 1.807) is 6.07 Å². The van der Waals surface area contributed by atoms with Crippen LogP contribution in [0.4, 0.5) is 4.39 Å². The van der Waals surface area contributed by atoms with Crippen molar-refractivity contribution in [3.05, 3.63) is 29.1 Å². The van der Waals surface area contributed by atoms with Crippen molar-refractivity contribution in [2.24, 2.45) is 0 Å². The summed E-state index contributed by atoms with van der Waals surface area (Å²) in [6.07, 6.45) is 4.74. The highest BCUT2D eigenvalue weighted by molar-refractivity contribution is 5.77. The third-order valence-electron chi connectivity index (χ3n) is 3.35. The molecule has 0 atom stereocenters. The van der Waals surface area contributed by atoms with E-state index in [4.69, 9.17) is 4.74 Å². The molecule has 3 heteroatoms. The maximum absolute atomic E-state index is 14.2. The van der Waals surface area contributed by atoms with Crippen LogP contribution in [-0.2, 0) is 11.2 Å². The second-order valence-corrected chi connectivity index (χ2v) is 5.12. The van der Waals surface area contributed by atoms with E-state index < -0.39 is 0 Å². The average Bonchev–Trinajstić information content (AvgIpc) is 2.43. The summed E-state index contributed by atoms with van der Waals surface area (Å²) >= 11 is 0. The van der Waals surface area contributed by atoms with Gasteiger partial charge in [-0.1, -0.05) is 19.4 Å². The summed E-state index contributed by atoms with van der Waals surface area (Å²) in [6, 6.07) is 3.62. The monoisotopic (exact) mass is 280 g/mol. The molecule has 0 aromatic heterocycles. The van der Waals surface area contributed by atoms with Gasteiger partial charge >= 0.3 is 0 Å². The first-order chi connectivity index (χ1) is 9.58. The zero-order chi connectivity index (χ0) is 15.0. The maximum Gasteiger partial charge on any atom is 0.168 e. The summed E-state index contributed by atoms with van der Waals surface area (Å²) in [5.41, 5.74) is 1.74. The largest absolute Gasteiger partial charge is 0.491 e. The molecule has 0 amide bonds. The van der Waals surface area contributed by atoms with Gasteiger partial charge in [0.05, 0.1) is 6.61 Å². The van der Waals surface area contributed by atoms with E-state index in [1.807, 2.05) is 26.8 Å². The molecule has 0 fully saturated rings. The predicted molar refractivity (Wildman–Crippen MR) is 79.8 cm³/mol. The fraction of sp³-hybridized carbons (Fsp3) is 0.588. The molecule has 0 spiro atoms. The SMILES string of the molecule is CCOc1cc(C)cc(CCCCCC(=O)CC)c1F. The van der Waals surface area contributed by atoms with Crippen molar-refractivity contribution in [3.8, 4) is 5.75 Å². The van der Waals surface area contributed by atoms with Gasteiger partial charge < -0.3 is 4.74 Å². The van der Waals surface area contributed by atoms with E-state index in [0.29, 0.717) is 37.4 Å². The van der Waals surface area contributed by atoms with E-state index in [9.17, 15) is 9.18 Å². The quantitative estimate of drug-likeness (QED) is 0.617. The lowest BCUT2D eigenvalue weighted by Gasteiger charge is -2.10. The molecule has 1 aromatic carbocycles. The van der Waals surface area contributed by atoms with E-state index in [1.165, 1.54) is 0 Å². The minimum atomic E-state index is -0.234. The second kappa shape index (κ2) is 8.72. The standard InChI is InChI=1S/C17H25FO2/c1-4-15(19)10-8-6-7-9-14-11-13(3)12-16(17(14)18)20-5-2/h11-12H,4-10H2,1-3H3. The number of aryl methyl sites for hydroxylation is 2. The summed E-state index contributed by atoms with van der Waals surface area (Å²) in [5.74, 6) is 0.427. The van der Waals surface area contributed by atoms with Crippen LogP contribution in [0, 0.1) is 12.7 Å². The van der Waals surface area contributed by atoms with Crippen molar-refractivity contribution in [2.75, 3.05) is 6.61 Å². The molecule has 0 saturated carbocycles. The molecule has 0 aliphatic rings. The molecule has 0 bridgehead atoms. The van der Waals surface area contributed by atoms with Crippen LogP contribution in [0.25, 0.3) is 0 Å². The Hall–Kier alpha value is -1.38. The van der Waals surface area contributed by atoms with Crippen LogP contribution in [0.1, 0.15) is 57.1 Å². The van der Waals surface area contributed by atoms with Crippen LogP contribution >= 0.6 is 0 Å². The van der Waals surface area contributed by atoms with Crippen molar-refractivity contribution in [2.45, 2.75) is 59.3 Å². The lowest BCUT2D eigenvalue weighted by atomic mass is 10.0. The molecule has 0 unspecified atom stereocenters. The zero-order valence-corrected chi connectivity index (χ0v) is 12.8. The molecule has 0 N–H and O–H groups in total. The highest BCUT2D eigenvalue weighted by atomic mass is 19.1. The first kappa shape index (κ1) is 16.7. The van der Waals surface area contributed by atoms with Crippen molar-refractivity contribution in [3.63, 3.8) is 0 Å². The molecule has 20 heavy (non-hydrogen) atoms. The molecule has 2 nitrogen and oxygen atoms in total. The Labute approximate surface area is 121 Å². The third-order valence-corrected chi connectivity index (χ3v) is 3.35. The van der Waals surface area contributed by atoms with Gasteiger partial charge in [0.15, 0.2) is 11.6 Å². The Balaban J connectivity index is 2.49. The molecule has 112 valence electrons. The number of benzene rings is 1. The lowest BCUT2D eigenvalue weighted by Crippen LogP contribution is -2.00. The van der Waals surface area contributed by atoms with Crippen LogP contribution in [0.5, 0.6) is 5.75 Å². The smallest absolute Gasteiger partial charge is 0.168 e. The van der Waals surface area contributed by atoms with Gasteiger partial charge in [-0.3, -0.25) is 4.79 Å². The molecule has 0 heterocycles. The number of hydrogen-bond acceptors (Lipinski definition) is 2. The molecular weight excluding hydrogens is 255 g/mol. The average molecular weight is 280 g/mol. The number of halogens is 1. The van der Waals surface area contributed by atoms with Gasteiger partial charge in [0.1, 0.15) is 5.78 Å². The molecule has 0 radical (unpaired) electrons. The van der Waals surface area contributed by atoms with Crippen LogP contribution in [-0.4, -0.2) is 12.4 Å². The van der Waals surface area contributed by atoms with Gasteiger partial charge in [0.25, 0.3) is 0 Å². The number of Topliss-reactive ketones (excluding diaryl/α,β-unsaturated/α-hetero) is 1. The van der Waals surface area contributed by atoms with E-state index >= 15 is 0 Å². The Morgan fingerprint density at radius 2 is 1.95 bits per heavy atom. The van der Waals surface area contributed by atoms with Crippen LogP contribution in [0.3, 0.4) is 0 Å². The summed E-state index contributed by atoms with van der Waals surface area (Å²) in [7, 11) is 0. The van der Waals surface area contributed by atoms with Crippen molar-refractivity contribution in [1.82, 2.24) is 0 Å². The maximum atomic E-state index is 14.2. The molecular formula is C17H25FO2. The highest BCUT2D eigenvalue weighted by Crippen LogP contribution is 2.24. The number of rotatable bonds is 9. The second-order valence-electron chi connectivity index (χ2n) is 5.12. The van der Waals surface area contributed by atoms with Crippen LogP contribution < -0.4 is 4.74 Å². The summed E-state index contributed by atoms with van der Waals surface area (Å²) in [4.78, 5) is 11.2. The summed E-state index contributed by atoms with van der Waals surface area (Å²) in [5, 5.41) is 0. The first-order valence-corrected chi connectivity index (χ1v) is 7.52. The van der Waals surface area contributed by atoms with Gasteiger partial charge in [-0.05, 0) is 50.3 Å². The Morgan fingerprint density at radius 3 is 2.60 bits per heavy atom. The van der Waals surface area contributed by atoms with Gasteiger partial charge in [-0.2, -0.15) is 0 Å². The summed E-state index contributed by atoms with van der Waals surface area (Å²) in [6.45, 7) is 6.16. The van der Waals surface area contributed by atoms with Gasteiger partial charge in [-0.25, -0.2) is 4.39 Å². The summed E-state index contributed by atoms with van der Waals surface area (Å²) < 4.78 is 19.5. The van der Waals surface area contributed by atoms with Gasteiger partial charge in [0.2, 0.25) is 0 Å². The fourth-order valence-corrected chi connectivity index (χ4v) is 2.24. The fourth-order valence-electron chi connectivity index (χ4n) is 2.24. The predicted octanol–water partition coefficient (Wildman–Crippen LogP) is 4.61. The highest BCUT2D eigenvalue weighted by Gasteiger charge is 2.10. The topological polar surface area (TPSA) is 26.3 Å². The van der Waals surface area contributed by atoms with Crippen LogP contribution in [0.2, 0.25) is 0 Å². The zero-order valence-electron chi connectivity index (χ0n) is 12.8. The number of unbranched alkanes of at least 4 members (excludes halogenated alkanes) is 2. The minimum absolute atomic E-state index is 0.234.